The van der Waals surface area contributed by atoms with E-state index < -0.39 is 233 Å². The Morgan fingerprint density at radius 1 is 0.304 bits per heavy atom. The van der Waals surface area contributed by atoms with Crippen molar-refractivity contribution in [3.8, 4) is 0 Å². The van der Waals surface area contributed by atoms with E-state index in [2.05, 4.69) is 0 Å². The van der Waals surface area contributed by atoms with E-state index in [1.807, 2.05) is 33.9 Å². The van der Waals surface area contributed by atoms with Gasteiger partial charge in [0, 0.05) is 30.8 Å². The lowest BCUT2D eigenvalue weighted by Crippen LogP contribution is -2.69. The van der Waals surface area contributed by atoms with Crippen molar-refractivity contribution in [3.63, 3.8) is 0 Å². The van der Waals surface area contributed by atoms with Crippen molar-refractivity contribution in [2.75, 3.05) is 33.5 Å². The number of rotatable bonds is 25. The number of fused-ring (bicyclic) bond motifs is 4. The molecule has 0 bridgehead atoms. The molecular weight excluding hydrogens is 1630 g/mol. The Morgan fingerprint density at radius 3 is 0.712 bits per heavy atom. The van der Waals surface area contributed by atoms with Crippen LogP contribution in [0.3, 0.4) is 0 Å². The lowest BCUT2D eigenvalue weighted by atomic mass is 9.84. The van der Waals surface area contributed by atoms with Gasteiger partial charge in [-0.15, -0.1) is 0 Å². The molecule has 648 valence electrons. The fourth-order valence-electron chi connectivity index (χ4n) is 17.9. The molecule has 0 aliphatic carbocycles. The molecule has 8 aliphatic rings. The first-order chi connectivity index (χ1) is 60.0. The van der Waals surface area contributed by atoms with Crippen LogP contribution in [0.5, 0.6) is 0 Å². The zero-order chi connectivity index (χ0) is 88.2. The molecule has 0 aromatic heterocycles. The number of imide groups is 4. The fourth-order valence-corrected chi connectivity index (χ4v) is 19.3. The molecular formula is C95H94N4O25Si. The largest absolute Gasteiger partial charge is 0.459 e. The maximum Gasteiger partial charge on any atom is 0.338 e. The number of esters is 4. The first-order valence-electron chi connectivity index (χ1n) is 41.6. The van der Waals surface area contributed by atoms with Gasteiger partial charge in [-0.05, 0) is 115 Å². The third-order valence-corrected chi connectivity index (χ3v) is 29.9. The van der Waals surface area contributed by atoms with E-state index in [0.29, 0.717) is 0 Å². The van der Waals surface area contributed by atoms with Crippen molar-refractivity contribution in [3.05, 3.63) is 285 Å². The molecule has 8 amide bonds. The second-order valence-electron chi connectivity index (χ2n) is 33.9. The molecule has 8 aliphatic heterocycles. The van der Waals surface area contributed by atoms with Crippen molar-refractivity contribution >= 4 is 79.5 Å². The molecule has 4 saturated heterocycles. The van der Waals surface area contributed by atoms with Crippen LogP contribution in [-0.4, -0.2) is 231 Å². The number of nitrogens with zero attached hydrogens (tertiary/aromatic N) is 4. The molecule has 20 atom stereocenters. The van der Waals surface area contributed by atoms with Crippen LogP contribution in [0, 0.1) is 23.7 Å². The number of ether oxygens (including phenoxy) is 12. The van der Waals surface area contributed by atoms with Crippen LogP contribution in [0.15, 0.2) is 218 Å². The van der Waals surface area contributed by atoms with Crippen LogP contribution in [-0.2, 0) is 61.3 Å². The highest BCUT2D eigenvalue weighted by Crippen LogP contribution is 2.49. The van der Waals surface area contributed by atoms with Crippen LogP contribution >= 0.6 is 0 Å². The monoisotopic (exact) mass is 1720 g/mol. The summed E-state index contributed by atoms with van der Waals surface area (Å²) in [6.45, 7) is 14.2. The van der Waals surface area contributed by atoms with Gasteiger partial charge in [0.15, 0.2) is 33.5 Å². The summed E-state index contributed by atoms with van der Waals surface area (Å²) in [6, 6.07) is 50.7. The smallest absolute Gasteiger partial charge is 0.338 e. The molecule has 8 aromatic carbocycles. The van der Waals surface area contributed by atoms with E-state index in [-0.39, 0.29) is 66.8 Å². The summed E-state index contributed by atoms with van der Waals surface area (Å²) in [5.74, 6) is -14.2. The molecule has 0 saturated carbocycles. The second kappa shape index (κ2) is 35.6. The van der Waals surface area contributed by atoms with Gasteiger partial charge in [-0.2, -0.15) is 0 Å². The van der Waals surface area contributed by atoms with Crippen molar-refractivity contribution in [2.45, 2.75) is 165 Å². The van der Waals surface area contributed by atoms with Gasteiger partial charge in [0.2, 0.25) is 0 Å². The molecule has 0 spiro atoms. The van der Waals surface area contributed by atoms with Crippen LogP contribution in [0.4, 0.5) is 0 Å². The molecule has 0 radical (unpaired) electrons. The van der Waals surface area contributed by atoms with E-state index in [1.165, 1.54) is 92.0 Å². The van der Waals surface area contributed by atoms with Gasteiger partial charge in [-0.25, -0.2) is 19.2 Å². The van der Waals surface area contributed by atoms with Gasteiger partial charge in [0.25, 0.3) is 47.3 Å². The third-order valence-electron chi connectivity index (χ3n) is 25.4. The SMILES string of the molecule is CO[C@H]1OC(COC(=O)c2ccccc2)[C@@H](OC2OC(COC(=O)c3ccccc3)C(O[C@H]3OC(COC(=O)c4ccccc4)[C@@H](OC4OC(COC(=O)c5ccccc5)C(O[Si](C)(C)C(C)(C)C)[C@H](C)[C@H]4N4C(=O)c5ccccc5C4=O)C(C)[C@@H]3N3C(=O)c4ccccc4C3=O)[C@H](C)[C@H]2N2C(=O)c3ccccc3C2=O)C(C)[C@@H]1N1C(=O)c2ccccc2C1=O. The highest BCUT2D eigenvalue weighted by Gasteiger charge is 2.63. The van der Waals surface area contributed by atoms with Crippen molar-refractivity contribution in [2.24, 2.45) is 23.7 Å². The van der Waals surface area contributed by atoms with Gasteiger partial charge in [0.1, 0.15) is 50.8 Å². The minimum atomic E-state index is -2.94. The number of carbonyl (C=O) groups is 12. The number of carbonyl (C=O) groups excluding carboxylic acids is 12. The molecule has 29 nitrogen and oxygen atoms in total. The Balaban J connectivity index is 0.830. The Bertz CT molecular complexity index is 5360. The van der Waals surface area contributed by atoms with E-state index in [1.54, 1.807) is 161 Å². The van der Waals surface area contributed by atoms with E-state index >= 15 is 28.8 Å². The molecule has 0 N–H and O–H groups in total. The zero-order valence-electron chi connectivity index (χ0n) is 70.2. The van der Waals surface area contributed by atoms with Gasteiger partial charge >= 0.3 is 23.9 Å². The highest BCUT2D eigenvalue weighted by molar-refractivity contribution is 6.74. The van der Waals surface area contributed by atoms with E-state index in [4.69, 9.17) is 61.3 Å². The maximum atomic E-state index is 15.8. The summed E-state index contributed by atoms with van der Waals surface area (Å²) in [5, 5.41) is -0.463. The first kappa shape index (κ1) is 86.6. The summed E-state index contributed by atoms with van der Waals surface area (Å²) < 4.78 is 89.1. The zero-order valence-corrected chi connectivity index (χ0v) is 71.2. The second-order valence-corrected chi connectivity index (χ2v) is 38.7. The van der Waals surface area contributed by atoms with Crippen LogP contribution < -0.4 is 0 Å². The van der Waals surface area contributed by atoms with E-state index in [0.717, 1.165) is 19.6 Å². The van der Waals surface area contributed by atoms with Crippen molar-refractivity contribution in [1.29, 1.82) is 0 Å². The average molecular weight is 1720 g/mol. The summed E-state index contributed by atoms with van der Waals surface area (Å²) in [4.78, 5) is 184. The topological polar surface area (TPSA) is 338 Å². The van der Waals surface area contributed by atoms with Crippen molar-refractivity contribution < 1.29 is 119 Å². The molecule has 4 fully saturated rings. The Labute approximate surface area is 721 Å². The first-order valence-corrected chi connectivity index (χ1v) is 44.5. The molecule has 125 heavy (non-hydrogen) atoms. The predicted molar refractivity (Wildman–Crippen MR) is 445 cm³/mol. The maximum absolute atomic E-state index is 15.8. The van der Waals surface area contributed by atoms with Crippen LogP contribution in [0.2, 0.25) is 18.1 Å². The molecule has 16 rings (SSSR count). The third kappa shape index (κ3) is 16.4. The number of benzene rings is 8. The highest BCUT2D eigenvalue weighted by atomic mass is 28.4. The number of hydrogen-bond acceptors (Lipinski definition) is 25. The lowest BCUT2D eigenvalue weighted by molar-refractivity contribution is -0.358. The number of methoxy groups -OCH3 is 1. The number of amides is 8. The van der Waals surface area contributed by atoms with Crippen LogP contribution in [0.1, 0.15) is 173 Å². The normalized spacial score (nSPS) is 28.4. The minimum Gasteiger partial charge on any atom is -0.459 e. The van der Waals surface area contributed by atoms with E-state index in [9.17, 15) is 28.8 Å². The quantitative estimate of drug-likeness (QED) is 0.0222. The molecule has 10 unspecified atom stereocenters. The van der Waals surface area contributed by atoms with Gasteiger partial charge in [-0.3, -0.25) is 58.0 Å². The Morgan fingerprint density at radius 2 is 0.496 bits per heavy atom. The summed E-state index contributed by atoms with van der Waals surface area (Å²) in [7, 11) is -1.64. The standard InChI is InChI=1S/C95H94N4O25Si/c1-51-71(96-79(100)59-39-23-24-40-60(59)80(96)101)91(112-8)117-67(47-113-87(108)55-31-15-11-16-32-55)75(51)121-92-72(97-81(102)61-41-25-26-42-62(61)82(97)103)52(2)76(68(118-92)48-114-88(109)56-33-17-12-18-34-56)122-93-73(98-83(104)63-43-27-28-44-64(63)84(98)105)53(3)77(69(119-93)49-115-89(110)57-35-19-13-20-36-57)123-94-74(99-85(106)65-45-29-30-46-66(65)86(99)107)54(4)78(124-125(9,10)95(5,6)7)70(120-94)50-116-90(111)58-37-21-14-22-38-58/h11-46,51-54,67-78,91-94H,47-50H2,1-10H3/t51?,52-,53?,54-,67?,68?,69?,70?,71+,72-,73+,74-,75+,76?,77+,78?,91+,92?,93-,94?/m1/s1. The molecule has 8 heterocycles. The summed E-state index contributed by atoms with van der Waals surface area (Å²) in [5.41, 5.74) is 0.778. The molecule has 8 aromatic rings. The van der Waals surface area contributed by atoms with Gasteiger partial charge < -0.3 is 61.3 Å². The van der Waals surface area contributed by atoms with Crippen LogP contribution in [0.25, 0.3) is 0 Å². The van der Waals surface area contributed by atoms with Gasteiger partial charge in [-0.1, -0.05) is 170 Å². The minimum absolute atomic E-state index is 0.0256. The Kier molecular flexibility index (Phi) is 24.6. The summed E-state index contributed by atoms with van der Waals surface area (Å²) >= 11 is 0. The lowest BCUT2D eigenvalue weighted by Gasteiger charge is -2.54. The fraction of sp³-hybridized carbons (Fsp3) is 0.368. The summed E-state index contributed by atoms with van der Waals surface area (Å²) in [6.07, 6.45) is -18.8. The van der Waals surface area contributed by atoms with Crippen molar-refractivity contribution in [1.82, 2.24) is 19.6 Å². The predicted octanol–water partition coefficient (Wildman–Crippen LogP) is 11.7. The number of hydrogen-bond donors (Lipinski definition) is 0. The Hall–Kier alpha value is -11.9. The average Bonchev–Trinajstić information content (AvgIpc) is 1.66. The molecule has 30 heteroatoms. The van der Waals surface area contributed by atoms with Gasteiger partial charge in [0.05, 0.1) is 115 Å².